The van der Waals surface area contributed by atoms with Crippen molar-refractivity contribution in [2.75, 3.05) is 7.11 Å². The van der Waals surface area contributed by atoms with E-state index in [-0.39, 0.29) is 5.69 Å². The molecule has 1 aliphatic heterocycles. The minimum Gasteiger partial charge on any atom is -0.464 e. The lowest BCUT2D eigenvalue weighted by molar-refractivity contribution is 0.00578. The summed E-state index contributed by atoms with van der Waals surface area (Å²) in [5.74, 6) is 0.561. The number of rotatable bonds is 3. The number of hydrogen-bond donors (Lipinski definition) is 0. The van der Waals surface area contributed by atoms with Gasteiger partial charge in [-0.3, -0.25) is 0 Å². The van der Waals surface area contributed by atoms with Crippen LogP contribution < -0.4 is 5.46 Å². The summed E-state index contributed by atoms with van der Waals surface area (Å²) in [7, 11) is 0.669. The third kappa shape index (κ3) is 2.52. The number of carbonyl (C=O) groups excluding carboxylic acids is 1. The van der Waals surface area contributed by atoms with Crippen molar-refractivity contribution in [1.29, 1.82) is 0 Å². The minimum atomic E-state index is -0.674. The average molecular weight is 304 g/mol. The predicted molar refractivity (Wildman–Crippen MR) is 81.1 cm³/mol. The molecule has 0 radical (unpaired) electrons. The molecule has 0 amide bonds. The normalized spacial score (nSPS) is 22.7. The largest absolute Gasteiger partial charge is 0.498 e. The van der Waals surface area contributed by atoms with E-state index in [4.69, 9.17) is 14.0 Å². The molecule has 1 aromatic rings. The molecule has 3 rings (SSSR count). The maximum atomic E-state index is 12.1. The van der Waals surface area contributed by atoms with E-state index in [1.165, 1.54) is 7.11 Å². The van der Waals surface area contributed by atoms with Crippen molar-refractivity contribution in [3.8, 4) is 0 Å². The number of methoxy groups -OCH3 is 1. The number of esters is 1. The first-order chi connectivity index (χ1) is 10.2. The number of nitrogens with zero attached hydrogens (tertiary/aromatic N) is 2. The highest BCUT2D eigenvalue weighted by Crippen LogP contribution is 2.39. The highest BCUT2D eigenvalue weighted by atomic mass is 16.7. The Morgan fingerprint density at radius 3 is 2.36 bits per heavy atom. The van der Waals surface area contributed by atoms with Gasteiger partial charge in [0.1, 0.15) is 5.82 Å². The molecule has 1 saturated carbocycles. The molecule has 0 N–H and O–H groups in total. The van der Waals surface area contributed by atoms with Crippen LogP contribution in [0, 0.1) is 0 Å². The van der Waals surface area contributed by atoms with Crippen molar-refractivity contribution < 1.29 is 18.8 Å². The molecule has 1 saturated heterocycles. The van der Waals surface area contributed by atoms with E-state index in [2.05, 4.69) is 9.97 Å². The molecule has 2 aliphatic rings. The second-order valence-electron chi connectivity index (χ2n) is 6.89. The van der Waals surface area contributed by atoms with Gasteiger partial charge >= 0.3 is 13.1 Å². The zero-order valence-corrected chi connectivity index (χ0v) is 13.7. The first kappa shape index (κ1) is 15.4. The van der Waals surface area contributed by atoms with Crippen molar-refractivity contribution in [1.82, 2.24) is 9.97 Å². The molecular formula is C15H21BN2O4. The van der Waals surface area contributed by atoms with E-state index in [1.807, 2.05) is 27.7 Å². The number of hydrogen-bond acceptors (Lipinski definition) is 6. The zero-order valence-electron chi connectivity index (χ0n) is 13.7. The van der Waals surface area contributed by atoms with Gasteiger partial charge in [0.2, 0.25) is 0 Å². The van der Waals surface area contributed by atoms with E-state index in [1.54, 1.807) is 6.20 Å². The van der Waals surface area contributed by atoms with Crippen molar-refractivity contribution >= 4 is 18.6 Å². The summed E-state index contributed by atoms with van der Waals surface area (Å²) in [6.07, 6.45) is 3.77. The minimum absolute atomic E-state index is 0.234. The van der Waals surface area contributed by atoms with Gasteiger partial charge in [-0.2, -0.15) is 0 Å². The van der Waals surface area contributed by atoms with Crippen LogP contribution in [0.4, 0.5) is 0 Å². The standard InChI is InChI=1S/C15H21BN2O4/c1-14(2)15(3,4)22-16(21-14)10-8-17-12(9-6-7-9)18-11(10)13(19)20-5/h8-9H,6-7H2,1-5H3. The van der Waals surface area contributed by atoms with Crippen LogP contribution >= 0.6 is 0 Å². The van der Waals surface area contributed by atoms with Gasteiger partial charge in [-0.1, -0.05) is 0 Å². The molecule has 118 valence electrons. The molecule has 0 unspecified atom stereocenters. The van der Waals surface area contributed by atoms with Gasteiger partial charge in [-0.15, -0.1) is 0 Å². The first-order valence-electron chi connectivity index (χ1n) is 7.56. The highest BCUT2D eigenvalue weighted by molar-refractivity contribution is 6.63. The summed E-state index contributed by atoms with van der Waals surface area (Å²) >= 11 is 0. The zero-order chi connectivity index (χ0) is 16.1. The fraction of sp³-hybridized carbons (Fsp3) is 0.667. The summed E-state index contributed by atoms with van der Waals surface area (Å²) in [6, 6.07) is 0. The van der Waals surface area contributed by atoms with Crippen molar-refractivity contribution in [2.45, 2.75) is 57.7 Å². The Balaban J connectivity index is 1.98. The Morgan fingerprint density at radius 2 is 1.86 bits per heavy atom. The van der Waals surface area contributed by atoms with Crippen LogP contribution in [-0.2, 0) is 14.0 Å². The SMILES string of the molecule is COC(=O)c1nc(C2CC2)ncc1B1OC(C)(C)C(C)(C)O1. The van der Waals surface area contributed by atoms with Crippen molar-refractivity contribution in [3.05, 3.63) is 17.7 Å². The molecular weight excluding hydrogens is 283 g/mol. The maximum Gasteiger partial charge on any atom is 0.498 e. The van der Waals surface area contributed by atoms with Gasteiger partial charge in [0.15, 0.2) is 5.69 Å². The second-order valence-corrected chi connectivity index (χ2v) is 6.89. The number of carbonyl (C=O) groups is 1. The third-order valence-corrected chi connectivity index (χ3v) is 4.66. The molecule has 2 heterocycles. The van der Waals surface area contributed by atoms with E-state index < -0.39 is 24.3 Å². The first-order valence-corrected chi connectivity index (χ1v) is 7.56. The Morgan fingerprint density at radius 1 is 1.27 bits per heavy atom. The monoisotopic (exact) mass is 304 g/mol. The van der Waals surface area contributed by atoms with Crippen LogP contribution in [0.1, 0.15) is 62.8 Å². The number of ether oxygens (including phenoxy) is 1. The summed E-state index contributed by atoms with van der Waals surface area (Å²) < 4.78 is 16.8. The van der Waals surface area contributed by atoms with Crippen LogP contribution in [-0.4, -0.2) is 41.4 Å². The number of aromatic nitrogens is 2. The van der Waals surface area contributed by atoms with Crippen molar-refractivity contribution in [3.63, 3.8) is 0 Å². The fourth-order valence-electron chi connectivity index (χ4n) is 2.35. The van der Waals surface area contributed by atoms with Crippen LogP contribution in [0.15, 0.2) is 6.20 Å². The van der Waals surface area contributed by atoms with Gasteiger partial charge in [-0.05, 0) is 40.5 Å². The third-order valence-electron chi connectivity index (χ3n) is 4.66. The maximum absolute atomic E-state index is 12.1. The molecule has 1 aliphatic carbocycles. The van der Waals surface area contributed by atoms with Crippen LogP contribution in [0.2, 0.25) is 0 Å². The summed E-state index contributed by atoms with van der Waals surface area (Å²) in [4.78, 5) is 20.9. The van der Waals surface area contributed by atoms with Gasteiger partial charge in [-0.25, -0.2) is 14.8 Å². The molecule has 0 aromatic carbocycles. The molecule has 0 bridgehead atoms. The van der Waals surface area contributed by atoms with Gasteiger partial charge in [0.05, 0.1) is 18.3 Å². The quantitative estimate of drug-likeness (QED) is 0.621. The van der Waals surface area contributed by atoms with Gasteiger partial charge < -0.3 is 14.0 Å². The Labute approximate surface area is 130 Å². The fourth-order valence-corrected chi connectivity index (χ4v) is 2.35. The van der Waals surface area contributed by atoms with Crippen molar-refractivity contribution in [2.24, 2.45) is 0 Å². The lowest BCUT2D eigenvalue weighted by Crippen LogP contribution is -2.41. The van der Waals surface area contributed by atoms with E-state index in [0.29, 0.717) is 17.2 Å². The van der Waals surface area contributed by atoms with Gasteiger partial charge in [0, 0.05) is 17.6 Å². The molecule has 0 atom stereocenters. The van der Waals surface area contributed by atoms with E-state index in [0.717, 1.165) is 12.8 Å². The molecule has 2 fully saturated rings. The molecule has 6 nitrogen and oxygen atoms in total. The Bertz CT molecular complexity index is 598. The topological polar surface area (TPSA) is 70.5 Å². The average Bonchev–Trinajstić information content (AvgIpc) is 3.26. The lowest BCUT2D eigenvalue weighted by Gasteiger charge is -2.32. The van der Waals surface area contributed by atoms with E-state index >= 15 is 0 Å². The molecule has 22 heavy (non-hydrogen) atoms. The van der Waals surface area contributed by atoms with Gasteiger partial charge in [0.25, 0.3) is 0 Å². The molecule has 7 heteroatoms. The van der Waals surface area contributed by atoms with Crippen LogP contribution in [0.25, 0.3) is 0 Å². The molecule has 0 spiro atoms. The predicted octanol–water partition coefficient (Wildman–Crippen LogP) is 1.44. The smallest absolute Gasteiger partial charge is 0.464 e. The highest BCUT2D eigenvalue weighted by Gasteiger charge is 2.53. The van der Waals surface area contributed by atoms with Crippen LogP contribution in [0.3, 0.4) is 0 Å². The summed E-state index contributed by atoms with van der Waals surface area (Å²) in [5, 5.41) is 0. The Kier molecular flexibility index (Phi) is 3.53. The second kappa shape index (κ2) is 5.03. The van der Waals surface area contributed by atoms with Crippen LogP contribution in [0.5, 0.6) is 0 Å². The Hall–Kier alpha value is -1.47. The molecule has 1 aromatic heterocycles. The van der Waals surface area contributed by atoms with E-state index in [9.17, 15) is 4.79 Å². The lowest BCUT2D eigenvalue weighted by atomic mass is 9.78. The summed E-state index contributed by atoms with van der Waals surface area (Å²) in [6.45, 7) is 7.85. The summed E-state index contributed by atoms with van der Waals surface area (Å²) in [5.41, 5.74) is -0.215.